The minimum absolute atomic E-state index is 0.0844. The molecule has 0 spiro atoms. The average molecular weight is 207 g/mol. The lowest BCUT2D eigenvalue weighted by atomic mass is 10.2. The minimum Gasteiger partial charge on any atom is -0.409 e. The Morgan fingerprint density at radius 3 is 2.62 bits per heavy atom. The summed E-state index contributed by atoms with van der Waals surface area (Å²) in [5.74, 6) is 0.692. The molecule has 0 rings (SSSR count). The zero-order valence-corrected chi connectivity index (χ0v) is 8.97. The summed E-state index contributed by atoms with van der Waals surface area (Å²) in [5.41, 5.74) is 5.36. The first-order valence-electron chi connectivity index (χ1n) is 4.00. The lowest BCUT2D eigenvalue weighted by Crippen LogP contribution is -2.45. The van der Waals surface area contributed by atoms with Gasteiger partial charge in [0, 0.05) is 28.9 Å². The van der Waals surface area contributed by atoms with E-state index in [1.165, 1.54) is 0 Å². The van der Waals surface area contributed by atoms with Crippen LogP contribution in [-0.2, 0) is 10.8 Å². The van der Waals surface area contributed by atoms with Crippen molar-refractivity contribution in [3.8, 4) is 0 Å². The van der Waals surface area contributed by atoms with Crippen LogP contribution in [0.25, 0.3) is 0 Å². The first-order valence-corrected chi connectivity index (χ1v) is 5.73. The Hall–Kier alpha value is -0.620. The van der Waals surface area contributed by atoms with Crippen molar-refractivity contribution < 1.29 is 9.42 Å². The van der Waals surface area contributed by atoms with Crippen molar-refractivity contribution in [3.63, 3.8) is 0 Å². The van der Waals surface area contributed by atoms with Gasteiger partial charge in [-0.25, -0.2) is 0 Å². The molecule has 78 valence electrons. The molecule has 0 heterocycles. The van der Waals surface area contributed by atoms with Crippen molar-refractivity contribution in [1.29, 1.82) is 0 Å². The number of nitrogens with zero attached hydrogens (tertiary/aromatic N) is 1. The number of rotatable bonds is 5. The molecule has 0 aliphatic carbocycles. The van der Waals surface area contributed by atoms with Gasteiger partial charge in [-0.1, -0.05) is 5.16 Å². The molecule has 5 nitrogen and oxygen atoms in total. The number of hydrogen-bond acceptors (Lipinski definition) is 4. The normalized spacial score (nSPS) is 19.5. The zero-order valence-electron chi connectivity index (χ0n) is 8.15. The summed E-state index contributed by atoms with van der Waals surface area (Å²) >= 11 is 0. The summed E-state index contributed by atoms with van der Waals surface area (Å²) in [6, 6.07) is -0.121. The fraction of sp³-hybridized carbons (Fsp3) is 0.857. The fourth-order valence-corrected chi connectivity index (χ4v) is 1.80. The maximum absolute atomic E-state index is 10.8. The molecule has 0 bridgehead atoms. The molecular weight excluding hydrogens is 190 g/mol. The Balaban J connectivity index is 3.91. The second-order valence-electron chi connectivity index (χ2n) is 3.05. The molecular formula is C7H17N3O2S. The van der Waals surface area contributed by atoms with Crippen molar-refractivity contribution in [3.05, 3.63) is 0 Å². The Morgan fingerprint density at radius 1 is 1.69 bits per heavy atom. The Kier molecular flexibility index (Phi) is 5.65. The van der Waals surface area contributed by atoms with Gasteiger partial charge in [-0.3, -0.25) is 4.21 Å². The van der Waals surface area contributed by atoms with E-state index < -0.39 is 10.8 Å². The van der Waals surface area contributed by atoms with E-state index in [0.29, 0.717) is 5.75 Å². The fourth-order valence-electron chi connectivity index (χ4n) is 0.999. The average Bonchev–Trinajstić information content (AvgIpc) is 2.01. The van der Waals surface area contributed by atoms with Crippen molar-refractivity contribution in [2.45, 2.75) is 25.9 Å². The highest BCUT2D eigenvalue weighted by Crippen LogP contribution is 1.90. The van der Waals surface area contributed by atoms with Crippen molar-refractivity contribution in [2.75, 3.05) is 12.0 Å². The molecule has 13 heavy (non-hydrogen) atoms. The van der Waals surface area contributed by atoms with Crippen molar-refractivity contribution in [1.82, 2.24) is 5.32 Å². The Bertz CT molecular complexity index is 208. The molecule has 6 heteroatoms. The van der Waals surface area contributed by atoms with E-state index in [9.17, 15) is 4.21 Å². The molecule has 0 radical (unpaired) electrons. The number of amidine groups is 1. The van der Waals surface area contributed by atoms with Gasteiger partial charge in [-0.2, -0.15) is 0 Å². The largest absolute Gasteiger partial charge is 0.409 e. The van der Waals surface area contributed by atoms with Crippen LogP contribution < -0.4 is 11.1 Å². The van der Waals surface area contributed by atoms with Gasteiger partial charge < -0.3 is 16.3 Å². The van der Waals surface area contributed by atoms with Gasteiger partial charge >= 0.3 is 0 Å². The van der Waals surface area contributed by atoms with Crippen LogP contribution in [0.2, 0.25) is 0 Å². The van der Waals surface area contributed by atoms with E-state index in [0.717, 1.165) is 0 Å². The predicted octanol–water partition coefficient (Wildman–Crippen LogP) is -0.522. The Morgan fingerprint density at radius 2 is 2.23 bits per heavy atom. The summed E-state index contributed by atoms with van der Waals surface area (Å²) in [6.45, 7) is 3.69. The van der Waals surface area contributed by atoms with Gasteiger partial charge in [-0.05, 0) is 13.8 Å². The third kappa shape index (κ3) is 5.59. The standard InChI is InChI=1S/C7H17N3O2S/c1-5(4-13(3)12)9-6(2)7(8)10-11/h5-6,9,11H,4H2,1-3H3,(H2,8,10). The molecule has 0 fully saturated rings. The van der Waals surface area contributed by atoms with Crippen LogP contribution in [0.4, 0.5) is 0 Å². The molecule has 4 N–H and O–H groups in total. The maximum atomic E-state index is 10.8. The van der Waals surface area contributed by atoms with Crippen LogP contribution in [0.5, 0.6) is 0 Å². The van der Waals surface area contributed by atoms with Gasteiger partial charge in [0.05, 0.1) is 6.04 Å². The monoisotopic (exact) mass is 207 g/mol. The number of hydrogen-bond donors (Lipinski definition) is 3. The van der Waals surface area contributed by atoms with Gasteiger partial charge in [0.2, 0.25) is 0 Å². The second kappa shape index (κ2) is 5.93. The van der Waals surface area contributed by atoms with Gasteiger partial charge in [-0.15, -0.1) is 0 Å². The third-order valence-corrected chi connectivity index (χ3v) is 2.55. The number of oxime groups is 1. The quantitative estimate of drug-likeness (QED) is 0.245. The van der Waals surface area contributed by atoms with Gasteiger partial charge in [0.15, 0.2) is 5.84 Å². The van der Waals surface area contributed by atoms with Crippen LogP contribution in [0.3, 0.4) is 0 Å². The number of nitrogens with two attached hydrogens (primary N) is 1. The summed E-state index contributed by atoms with van der Waals surface area (Å²) in [7, 11) is -0.833. The Labute approximate surface area is 80.8 Å². The smallest absolute Gasteiger partial charge is 0.156 e. The molecule has 0 saturated carbocycles. The maximum Gasteiger partial charge on any atom is 0.156 e. The lowest BCUT2D eigenvalue weighted by Gasteiger charge is -2.17. The molecule has 0 aromatic carbocycles. The van der Waals surface area contributed by atoms with Crippen LogP contribution in [-0.4, -0.2) is 39.3 Å². The zero-order chi connectivity index (χ0) is 10.4. The molecule has 0 amide bonds. The minimum atomic E-state index is -0.833. The van der Waals surface area contributed by atoms with E-state index in [1.807, 2.05) is 6.92 Å². The second-order valence-corrected chi connectivity index (χ2v) is 4.53. The molecule has 3 unspecified atom stereocenters. The van der Waals surface area contributed by atoms with Gasteiger partial charge in [0.25, 0.3) is 0 Å². The third-order valence-electron chi connectivity index (χ3n) is 1.58. The van der Waals surface area contributed by atoms with E-state index in [2.05, 4.69) is 10.5 Å². The summed E-state index contributed by atoms with van der Waals surface area (Å²) in [5, 5.41) is 14.3. The van der Waals surface area contributed by atoms with Crippen molar-refractivity contribution >= 4 is 16.6 Å². The first-order chi connectivity index (χ1) is 5.97. The van der Waals surface area contributed by atoms with Crippen LogP contribution in [0, 0.1) is 0 Å². The first kappa shape index (κ1) is 12.4. The molecule has 0 aromatic heterocycles. The van der Waals surface area contributed by atoms with Crippen LogP contribution in [0.15, 0.2) is 5.16 Å². The van der Waals surface area contributed by atoms with E-state index >= 15 is 0 Å². The van der Waals surface area contributed by atoms with Gasteiger partial charge in [0.1, 0.15) is 0 Å². The lowest BCUT2D eigenvalue weighted by molar-refractivity contribution is 0.314. The van der Waals surface area contributed by atoms with Crippen molar-refractivity contribution in [2.24, 2.45) is 10.9 Å². The molecule has 3 atom stereocenters. The summed E-state index contributed by atoms with van der Waals surface area (Å²) in [4.78, 5) is 0. The highest BCUT2D eigenvalue weighted by atomic mass is 32.2. The van der Waals surface area contributed by atoms with Crippen LogP contribution >= 0.6 is 0 Å². The summed E-state index contributed by atoms with van der Waals surface area (Å²) in [6.07, 6.45) is 1.65. The molecule has 0 aliphatic heterocycles. The molecule has 0 saturated heterocycles. The topological polar surface area (TPSA) is 87.7 Å². The molecule has 0 aromatic rings. The summed E-state index contributed by atoms with van der Waals surface area (Å²) < 4.78 is 10.8. The predicted molar refractivity (Wildman–Crippen MR) is 54.4 cm³/mol. The highest BCUT2D eigenvalue weighted by Gasteiger charge is 2.11. The number of nitrogens with one attached hydrogen (secondary N) is 1. The molecule has 0 aliphatic rings. The SMILES string of the molecule is CC(CS(C)=O)NC(C)C(N)=NO. The van der Waals surface area contributed by atoms with Crippen LogP contribution in [0.1, 0.15) is 13.8 Å². The van der Waals surface area contributed by atoms with E-state index in [1.54, 1.807) is 13.2 Å². The van der Waals surface area contributed by atoms with E-state index in [4.69, 9.17) is 10.9 Å². The van der Waals surface area contributed by atoms with E-state index in [-0.39, 0.29) is 17.9 Å². The highest BCUT2D eigenvalue weighted by molar-refractivity contribution is 7.84.